The molecular formula is C19H18N4O3. The van der Waals surface area contributed by atoms with E-state index in [1.165, 1.54) is 10.9 Å². The minimum absolute atomic E-state index is 0.122. The molecule has 1 aromatic heterocycles. The van der Waals surface area contributed by atoms with Gasteiger partial charge in [-0.25, -0.2) is 4.98 Å². The minimum atomic E-state index is -0.321. The van der Waals surface area contributed by atoms with Crippen molar-refractivity contribution in [2.75, 3.05) is 13.1 Å². The molecule has 132 valence electrons. The van der Waals surface area contributed by atoms with Crippen LogP contribution in [0.1, 0.15) is 10.4 Å². The highest BCUT2D eigenvalue weighted by atomic mass is 16.2. The Labute approximate surface area is 149 Å². The second kappa shape index (κ2) is 8.06. The van der Waals surface area contributed by atoms with Crippen LogP contribution in [-0.2, 0) is 11.3 Å². The van der Waals surface area contributed by atoms with Crippen molar-refractivity contribution in [1.82, 2.24) is 20.2 Å². The topological polar surface area (TPSA) is 93.1 Å². The third-order valence-corrected chi connectivity index (χ3v) is 3.81. The standard InChI is InChI=1S/C19H18N4O3/c24-17(20-10-11-21-18(25)14-6-2-1-3-7-14)12-23-13-22-16-9-5-4-8-15(16)19(23)26/h1-9,13H,10-12H2,(H,20,24)(H,21,25). The van der Waals surface area contributed by atoms with Crippen LogP contribution in [0.25, 0.3) is 10.9 Å². The molecule has 2 amide bonds. The highest BCUT2D eigenvalue weighted by Gasteiger charge is 2.08. The molecule has 0 saturated heterocycles. The van der Waals surface area contributed by atoms with Gasteiger partial charge in [0.05, 0.1) is 17.2 Å². The number of benzene rings is 2. The maximum absolute atomic E-state index is 12.3. The summed E-state index contributed by atoms with van der Waals surface area (Å²) in [5.74, 6) is -0.520. The van der Waals surface area contributed by atoms with E-state index < -0.39 is 0 Å². The molecule has 0 aliphatic rings. The fourth-order valence-electron chi connectivity index (χ4n) is 2.50. The number of nitrogens with zero attached hydrogens (tertiary/aromatic N) is 2. The molecule has 3 rings (SSSR count). The molecule has 0 radical (unpaired) electrons. The lowest BCUT2D eigenvalue weighted by Gasteiger charge is -2.09. The van der Waals surface area contributed by atoms with Crippen molar-refractivity contribution in [1.29, 1.82) is 0 Å². The zero-order valence-corrected chi connectivity index (χ0v) is 14.0. The van der Waals surface area contributed by atoms with Crippen LogP contribution >= 0.6 is 0 Å². The van der Waals surface area contributed by atoms with Crippen molar-refractivity contribution >= 4 is 22.7 Å². The Bertz CT molecular complexity index is 983. The summed E-state index contributed by atoms with van der Waals surface area (Å²) >= 11 is 0. The van der Waals surface area contributed by atoms with E-state index in [0.29, 0.717) is 23.0 Å². The molecule has 0 bridgehead atoms. The van der Waals surface area contributed by atoms with Gasteiger partial charge in [0.15, 0.2) is 0 Å². The van der Waals surface area contributed by atoms with Crippen LogP contribution in [0, 0.1) is 0 Å². The number of carbonyl (C=O) groups excluding carboxylic acids is 2. The van der Waals surface area contributed by atoms with Crippen LogP contribution in [-0.4, -0.2) is 34.5 Å². The monoisotopic (exact) mass is 350 g/mol. The predicted octanol–water partition coefficient (Wildman–Crippen LogP) is 0.943. The third-order valence-electron chi connectivity index (χ3n) is 3.81. The first-order valence-electron chi connectivity index (χ1n) is 8.19. The Morgan fingerprint density at radius 2 is 1.62 bits per heavy atom. The van der Waals surface area contributed by atoms with Gasteiger partial charge in [-0.05, 0) is 24.3 Å². The molecule has 0 aliphatic carbocycles. The Morgan fingerprint density at radius 1 is 0.923 bits per heavy atom. The van der Waals surface area contributed by atoms with E-state index in [-0.39, 0.29) is 30.5 Å². The maximum atomic E-state index is 12.3. The molecule has 1 heterocycles. The number of nitrogens with one attached hydrogen (secondary N) is 2. The van der Waals surface area contributed by atoms with E-state index in [2.05, 4.69) is 15.6 Å². The average Bonchev–Trinajstić information content (AvgIpc) is 2.68. The average molecular weight is 350 g/mol. The summed E-state index contributed by atoms with van der Waals surface area (Å²) in [6.07, 6.45) is 1.36. The largest absolute Gasteiger partial charge is 0.353 e. The van der Waals surface area contributed by atoms with E-state index >= 15 is 0 Å². The lowest BCUT2D eigenvalue weighted by Crippen LogP contribution is -2.37. The molecule has 0 saturated carbocycles. The zero-order valence-electron chi connectivity index (χ0n) is 14.0. The summed E-state index contributed by atoms with van der Waals surface area (Å²) in [5, 5.41) is 5.86. The first-order chi connectivity index (χ1) is 12.6. The molecular weight excluding hydrogens is 332 g/mol. The smallest absolute Gasteiger partial charge is 0.261 e. The van der Waals surface area contributed by atoms with Crippen molar-refractivity contribution in [2.45, 2.75) is 6.54 Å². The van der Waals surface area contributed by atoms with Crippen LogP contribution in [0.5, 0.6) is 0 Å². The molecule has 0 aliphatic heterocycles. The van der Waals surface area contributed by atoms with Gasteiger partial charge in [0.25, 0.3) is 11.5 Å². The summed E-state index contributed by atoms with van der Waals surface area (Å²) in [6.45, 7) is 0.445. The Kier molecular flexibility index (Phi) is 5.38. The summed E-state index contributed by atoms with van der Waals surface area (Å²) < 4.78 is 1.26. The molecule has 0 unspecified atom stereocenters. The number of para-hydroxylation sites is 1. The number of hydrogen-bond donors (Lipinski definition) is 2. The second-order valence-electron chi connectivity index (χ2n) is 5.67. The SMILES string of the molecule is O=C(Cn1cnc2ccccc2c1=O)NCCNC(=O)c1ccccc1. The zero-order chi connectivity index (χ0) is 18.4. The van der Waals surface area contributed by atoms with Gasteiger partial charge in [0.2, 0.25) is 5.91 Å². The summed E-state index contributed by atoms with van der Waals surface area (Å²) in [6, 6.07) is 15.8. The fourth-order valence-corrected chi connectivity index (χ4v) is 2.50. The van der Waals surface area contributed by atoms with Crippen molar-refractivity contribution in [3.8, 4) is 0 Å². The molecule has 2 aromatic carbocycles. The van der Waals surface area contributed by atoms with Crippen LogP contribution in [0.3, 0.4) is 0 Å². The highest BCUT2D eigenvalue weighted by Crippen LogP contribution is 2.04. The van der Waals surface area contributed by atoms with Crippen LogP contribution in [0.15, 0.2) is 65.7 Å². The quantitative estimate of drug-likeness (QED) is 0.647. The van der Waals surface area contributed by atoms with E-state index in [1.807, 2.05) is 6.07 Å². The number of hydrogen-bond acceptors (Lipinski definition) is 4. The summed E-state index contributed by atoms with van der Waals surface area (Å²) in [4.78, 5) is 40.4. The summed E-state index contributed by atoms with van der Waals surface area (Å²) in [5.41, 5.74) is 0.897. The number of carbonyl (C=O) groups is 2. The van der Waals surface area contributed by atoms with Crippen molar-refractivity contribution in [3.63, 3.8) is 0 Å². The van der Waals surface area contributed by atoms with Gasteiger partial charge in [-0.15, -0.1) is 0 Å². The molecule has 0 atom stereocenters. The highest BCUT2D eigenvalue weighted by molar-refractivity contribution is 5.94. The first-order valence-corrected chi connectivity index (χ1v) is 8.19. The molecule has 3 aromatic rings. The third kappa shape index (κ3) is 4.13. The van der Waals surface area contributed by atoms with E-state index in [4.69, 9.17) is 0 Å². The molecule has 26 heavy (non-hydrogen) atoms. The van der Waals surface area contributed by atoms with E-state index in [1.54, 1.807) is 48.5 Å². The van der Waals surface area contributed by atoms with Gasteiger partial charge < -0.3 is 10.6 Å². The van der Waals surface area contributed by atoms with Crippen LogP contribution in [0.4, 0.5) is 0 Å². The first kappa shape index (κ1) is 17.3. The van der Waals surface area contributed by atoms with Gasteiger partial charge in [0.1, 0.15) is 6.54 Å². The number of fused-ring (bicyclic) bond motifs is 1. The molecule has 0 fully saturated rings. The van der Waals surface area contributed by atoms with Gasteiger partial charge >= 0.3 is 0 Å². The number of rotatable bonds is 6. The molecule has 7 nitrogen and oxygen atoms in total. The number of amides is 2. The van der Waals surface area contributed by atoms with Crippen molar-refractivity contribution in [3.05, 3.63) is 76.8 Å². The van der Waals surface area contributed by atoms with Crippen LogP contribution in [0.2, 0.25) is 0 Å². The normalized spacial score (nSPS) is 10.5. The van der Waals surface area contributed by atoms with Gasteiger partial charge in [-0.3, -0.25) is 19.0 Å². The van der Waals surface area contributed by atoms with E-state index in [9.17, 15) is 14.4 Å². The maximum Gasteiger partial charge on any atom is 0.261 e. The lowest BCUT2D eigenvalue weighted by atomic mass is 10.2. The van der Waals surface area contributed by atoms with Crippen molar-refractivity contribution < 1.29 is 9.59 Å². The predicted molar refractivity (Wildman–Crippen MR) is 97.8 cm³/mol. The molecule has 0 spiro atoms. The van der Waals surface area contributed by atoms with Gasteiger partial charge in [0, 0.05) is 18.7 Å². The second-order valence-corrected chi connectivity index (χ2v) is 5.67. The van der Waals surface area contributed by atoms with E-state index in [0.717, 1.165) is 0 Å². The van der Waals surface area contributed by atoms with Crippen LogP contribution < -0.4 is 16.2 Å². The molecule has 7 heteroatoms. The Hall–Kier alpha value is -3.48. The fraction of sp³-hybridized carbons (Fsp3) is 0.158. The van der Waals surface area contributed by atoms with Gasteiger partial charge in [-0.2, -0.15) is 0 Å². The Balaban J connectivity index is 1.50. The summed E-state index contributed by atoms with van der Waals surface area (Å²) in [7, 11) is 0. The number of aromatic nitrogens is 2. The Morgan fingerprint density at radius 3 is 2.42 bits per heavy atom. The van der Waals surface area contributed by atoms with Gasteiger partial charge in [-0.1, -0.05) is 30.3 Å². The molecule has 2 N–H and O–H groups in total. The lowest BCUT2D eigenvalue weighted by molar-refractivity contribution is -0.121. The minimum Gasteiger partial charge on any atom is -0.353 e. The van der Waals surface area contributed by atoms with Crippen molar-refractivity contribution in [2.24, 2.45) is 0 Å².